The first kappa shape index (κ1) is 22.1. The lowest BCUT2D eigenvalue weighted by Crippen LogP contribution is -2.13. The summed E-state index contributed by atoms with van der Waals surface area (Å²) in [5.41, 5.74) is 0.396. The van der Waals surface area contributed by atoms with E-state index in [2.05, 4.69) is 30.6 Å². The number of carbonyl (C=O) groups is 1. The van der Waals surface area contributed by atoms with E-state index in [0.29, 0.717) is 33.0 Å². The van der Waals surface area contributed by atoms with Crippen molar-refractivity contribution in [1.82, 2.24) is 19.9 Å². The summed E-state index contributed by atoms with van der Waals surface area (Å²) >= 11 is 1.28. The molecule has 0 aliphatic heterocycles. The lowest BCUT2D eigenvalue weighted by molar-refractivity contribution is -0.115. The second-order valence-electron chi connectivity index (χ2n) is 6.76. The molecular formula is C22H19FN6O3S. The Balaban J connectivity index is 1.39. The van der Waals surface area contributed by atoms with Crippen LogP contribution in [0.1, 0.15) is 10.7 Å². The van der Waals surface area contributed by atoms with Crippen LogP contribution in [0.4, 0.5) is 21.2 Å². The summed E-state index contributed by atoms with van der Waals surface area (Å²) < 4.78 is 24.1. The number of aryl methyl sites for hydroxylation is 1. The van der Waals surface area contributed by atoms with Crippen molar-refractivity contribution in [2.75, 3.05) is 17.7 Å². The third kappa shape index (κ3) is 6.20. The van der Waals surface area contributed by atoms with Gasteiger partial charge in [0.05, 0.1) is 13.5 Å². The third-order valence-electron chi connectivity index (χ3n) is 4.21. The lowest BCUT2D eigenvalue weighted by Gasteiger charge is -2.07. The average Bonchev–Trinajstić information content (AvgIpc) is 3.20. The SMILES string of the molecule is COc1ccc(Oc2nc(C)nc(Nc3ncc(CC(=O)Nc4cccc(F)c4)s3)n2)cc1. The van der Waals surface area contributed by atoms with Crippen molar-refractivity contribution in [3.05, 3.63) is 71.2 Å². The number of anilines is 3. The first-order valence-corrected chi connectivity index (χ1v) is 10.6. The van der Waals surface area contributed by atoms with Crippen LogP contribution in [-0.4, -0.2) is 33.0 Å². The molecular weight excluding hydrogens is 447 g/mol. The zero-order valence-corrected chi connectivity index (χ0v) is 18.5. The number of nitrogens with zero attached hydrogens (tertiary/aromatic N) is 4. The summed E-state index contributed by atoms with van der Waals surface area (Å²) in [5, 5.41) is 6.17. The highest BCUT2D eigenvalue weighted by Crippen LogP contribution is 2.25. The molecule has 2 N–H and O–H groups in total. The summed E-state index contributed by atoms with van der Waals surface area (Å²) in [6.07, 6.45) is 1.68. The molecule has 4 rings (SSSR count). The highest BCUT2D eigenvalue weighted by molar-refractivity contribution is 7.15. The van der Waals surface area contributed by atoms with E-state index < -0.39 is 5.82 Å². The van der Waals surface area contributed by atoms with E-state index in [1.165, 1.54) is 29.5 Å². The van der Waals surface area contributed by atoms with Crippen molar-refractivity contribution >= 4 is 34.0 Å². The molecule has 2 aromatic carbocycles. The van der Waals surface area contributed by atoms with Gasteiger partial charge in [0.2, 0.25) is 11.9 Å². The van der Waals surface area contributed by atoms with Crippen LogP contribution in [0.25, 0.3) is 0 Å². The number of thiazole rings is 1. The Morgan fingerprint density at radius 3 is 2.64 bits per heavy atom. The minimum atomic E-state index is -0.417. The van der Waals surface area contributed by atoms with Crippen LogP contribution < -0.4 is 20.1 Å². The molecule has 0 radical (unpaired) electrons. The Hall–Kier alpha value is -4.12. The molecule has 0 aliphatic rings. The average molecular weight is 466 g/mol. The van der Waals surface area contributed by atoms with Gasteiger partial charge in [-0.05, 0) is 49.4 Å². The molecule has 0 atom stereocenters. The van der Waals surface area contributed by atoms with E-state index >= 15 is 0 Å². The number of rotatable bonds is 8. The number of carbonyl (C=O) groups excluding carboxylic acids is 1. The number of methoxy groups -OCH3 is 1. The monoisotopic (exact) mass is 466 g/mol. The minimum Gasteiger partial charge on any atom is -0.497 e. The topological polar surface area (TPSA) is 111 Å². The van der Waals surface area contributed by atoms with Crippen molar-refractivity contribution in [3.63, 3.8) is 0 Å². The second-order valence-corrected chi connectivity index (χ2v) is 7.87. The number of ether oxygens (including phenoxy) is 2. The van der Waals surface area contributed by atoms with Gasteiger partial charge < -0.3 is 14.8 Å². The van der Waals surface area contributed by atoms with Gasteiger partial charge in [-0.3, -0.25) is 10.1 Å². The van der Waals surface area contributed by atoms with Crippen molar-refractivity contribution in [2.45, 2.75) is 13.3 Å². The van der Waals surface area contributed by atoms with Crippen LogP contribution in [0, 0.1) is 12.7 Å². The molecule has 168 valence electrons. The number of amides is 1. The van der Waals surface area contributed by atoms with Crippen LogP contribution in [0.15, 0.2) is 54.7 Å². The van der Waals surface area contributed by atoms with E-state index in [9.17, 15) is 9.18 Å². The Kier molecular flexibility index (Phi) is 6.69. The van der Waals surface area contributed by atoms with Crippen molar-refractivity contribution in [2.24, 2.45) is 0 Å². The molecule has 2 aromatic heterocycles. The van der Waals surface area contributed by atoms with Gasteiger partial charge in [-0.25, -0.2) is 9.37 Å². The molecule has 2 heterocycles. The Morgan fingerprint density at radius 2 is 1.88 bits per heavy atom. The predicted octanol–water partition coefficient (Wildman–Crippen LogP) is 4.50. The first-order chi connectivity index (χ1) is 16.0. The van der Waals surface area contributed by atoms with E-state index in [-0.39, 0.29) is 24.3 Å². The van der Waals surface area contributed by atoms with Gasteiger partial charge in [0.15, 0.2) is 5.13 Å². The normalized spacial score (nSPS) is 10.5. The lowest BCUT2D eigenvalue weighted by atomic mass is 10.3. The molecule has 9 nitrogen and oxygen atoms in total. The van der Waals surface area contributed by atoms with Crippen molar-refractivity contribution in [1.29, 1.82) is 0 Å². The standard InChI is InChI=1S/C22H19FN6O3S/c1-13-25-20(28-21(26-13)32-17-8-6-16(31-2)7-9-17)29-22-24-12-18(33-22)11-19(30)27-15-5-3-4-14(23)10-15/h3-10,12H,11H2,1-2H3,(H,27,30)(H,24,25,26,28,29). The number of hydrogen-bond donors (Lipinski definition) is 2. The summed E-state index contributed by atoms with van der Waals surface area (Å²) in [4.78, 5) is 29.9. The minimum absolute atomic E-state index is 0.0952. The molecule has 11 heteroatoms. The maximum Gasteiger partial charge on any atom is 0.327 e. The quantitative estimate of drug-likeness (QED) is 0.390. The Bertz CT molecular complexity index is 1270. The van der Waals surface area contributed by atoms with E-state index in [0.717, 1.165) is 0 Å². The van der Waals surface area contributed by atoms with Crippen LogP contribution in [0.3, 0.4) is 0 Å². The number of aromatic nitrogens is 4. The van der Waals surface area contributed by atoms with Crippen LogP contribution in [0.5, 0.6) is 17.5 Å². The third-order valence-corrected chi connectivity index (χ3v) is 5.12. The zero-order chi connectivity index (χ0) is 23.2. The fourth-order valence-corrected chi connectivity index (χ4v) is 3.59. The van der Waals surface area contributed by atoms with E-state index in [1.807, 2.05) is 0 Å². The second kappa shape index (κ2) is 10.0. The predicted molar refractivity (Wildman–Crippen MR) is 122 cm³/mol. The highest BCUT2D eigenvalue weighted by atomic mass is 32.1. The molecule has 0 bridgehead atoms. The maximum absolute atomic E-state index is 13.3. The molecule has 0 aliphatic carbocycles. The largest absolute Gasteiger partial charge is 0.497 e. The van der Waals surface area contributed by atoms with Gasteiger partial charge in [-0.1, -0.05) is 6.07 Å². The summed E-state index contributed by atoms with van der Waals surface area (Å²) in [5.74, 6) is 1.29. The zero-order valence-electron chi connectivity index (χ0n) is 17.7. The highest BCUT2D eigenvalue weighted by Gasteiger charge is 2.12. The number of halogens is 1. The molecule has 0 saturated heterocycles. The molecule has 1 amide bonds. The van der Waals surface area contributed by atoms with Gasteiger partial charge in [0, 0.05) is 16.8 Å². The Labute approximate surface area is 192 Å². The van der Waals surface area contributed by atoms with E-state index in [1.54, 1.807) is 50.6 Å². The molecule has 0 saturated carbocycles. The van der Waals surface area contributed by atoms with Crippen LogP contribution in [-0.2, 0) is 11.2 Å². The fraction of sp³-hybridized carbons (Fsp3) is 0.136. The smallest absolute Gasteiger partial charge is 0.327 e. The van der Waals surface area contributed by atoms with Gasteiger partial charge in [-0.2, -0.15) is 15.0 Å². The van der Waals surface area contributed by atoms with Gasteiger partial charge in [0.1, 0.15) is 23.1 Å². The molecule has 0 unspecified atom stereocenters. The van der Waals surface area contributed by atoms with E-state index in [4.69, 9.17) is 9.47 Å². The summed E-state index contributed by atoms with van der Waals surface area (Å²) in [7, 11) is 1.59. The van der Waals surface area contributed by atoms with Gasteiger partial charge >= 0.3 is 6.01 Å². The molecule has 33 heavy (non-hydrogen) atoms. The summed E-state index contributed by atoms with van der Waals surface area (Å²) in [6, 6.07) is 12.9. The number of benzene rings is 2. The maximum atomic E-state index is 13.3. The van der Waals surface area contributed by atoms with Crippen LogP contribution >= 0.6 is 11.3 Å². The Morgan fingerprint density at radius 1 is 1.09 bits per heavy atom. The summed E-state index contributed by atoms with van der Waals surface area (Å²) in [6.45, 7) is 1.72. The first-order valence-electron chi connectivity index (χ1n) is 9.78. The fourth-order valence-electron chi connectivity index (χ4n) is 2.78. The molecule has 0 spiro atoms. The number of nitrogens with one attached hydrogen (secondary N) is 2. The van der Waals surface area contributed by atoms with Crippen molar-refractivity contribution in [3.8, 4) is 17.5 Å². The van der Waals surface area contributed by atoms with Crippen molar-refractivity contribution < 1.29 is 18.7 Å². The number of hydrogen-bond acceptors (Lipinski definition) is 9. The van der Waals surface area contributed by atoms with Gasteiger partial charge in [-0.15, -0.1) is 11.3 Å². The van der Waals surface area contributed by atoms with Crippen LogP contribution in [0.2, 0.25) is 0 Å². The van der Waals surface area contributed by atoms with Gasteiger partial charge in [0.25, 0.3) is 0 Å². The molecule has 4 aromatic rings. The molecule has 0 fully saturated rings.